The highest BCUT2D eigenvalue weighted by Crippen LogP contribution is 2.52. The first-order chi connectivity index (χ1) is 31.0. The van der Waals surface area contributed by atoms with Gasteiger partial charge in [0.05, 0.1) is 37.8 Å². The van der Waals surface area contributed by atoms with Crippen LogP contribution in [0.25, 0.3) is 0 Å². The van der Waals surface area contributed by atoms with Gasteiger partial charge >= 0.3 is 31.9 Å². The lowest BCUT2D eigenvalue weighted by molar-refractivity contribution is -0.281. The molecule has 4 fully saturated rings. The minimum atomic E-state index is -3.97. The van der Waals surface area contributed by atoms with Gasteiger partial charge in [-0.2, -0.15) is 25.4 Å². The Hall–Kier alpha value is -4.42. The minimum absolute atomic E-state index is 0.0340. The number of hydrogen-bond donors (Lipinski definition) is 2. The highest BCUT2D eigenvalue weighted by Gasteiger charge is 2.51. The number of nitrogens with one attached hydrogen (secondary N) is 2. The van der Waals surface area contributed by atoms with Crippen molar-refractivity contribution in [2.75, 3.05) is 61.2 Å². The molecule has 9 rings (SSSR count). The van der Waals surface area contributed by atoms with E-state index in [0.29, 0.717) is 69.9 Å². The van der Waals surface area contributed by atoms with Gasteiger partial charge < -0.3 is 27.8 Å². The van der Waals surface area contributed by atoms with Gasteiger partial charge in [0.2, 0.25) is 11.8 Å². The van der Waals surface area contributed by atoms with Crippen LogP contribution >= 0.6 is 0 Å². The van der Waals surface area contributed by atoms with Gasteiger partial charge in [0, 0.05) is 57.8 Å². The van der Waals surface area contributed by atoms with E-state index in [1.54, 1.807) is 6.07 Å². The molecule has 2 spiro atoms. The molecule has 2 N–H and O–H groups in total. The molecule has 5 aliphatic rings. The number of nitrogens with zero attached hydrogens (tertiary/aromatic N) is 6. The maximum atomic E-state index is 14.0. The Bertz CT molecular complexity index is 2650. The molecule has 3 atom stereocenters. The maximum Gasteiger partial charge on any atom is 0.434 e. The fourth-order valence-electron chi connectivity index (χ4n) is 9.71. The summed E-state index contributed by atoms with van der Waals surface area (Å²) < 4.78 is 95.5. The first-order valence-electron chi connectivity index (χ1n) is 22.5. The Labute approximate surface area is 378 Å². The van der Waals surface area contributed by atoms with Gasteiger partial charge in [0.15, 0.2) is 11.6 Å². The van der Waals surface area contributed by atoms with Crippen LogP contribution in [0, 0.1) is 20.8 Å². The molecule has 0 amide bonds. The number of anilines is 2. The van der Waals surface area contributed by atoms with Crippen molar-refractivity contribution in [1.29, 1.82) is 0 Å². The van der Waals surface area contributed by atoms with Crippen molar-refractivity contribution in [3.05, 3.63) is 91.0 Å². The number of piperidine rings is 2. The molecule has 7 heterocycles. The average Bonchev–Trinajstić information content (AvgIpc) is 4.01. The van der Waals surface area contributed by atoms with Crippen LogP contribution in [-0.4, -0.2) is 110 Å². The molecule has 22 heteroatoms. The molecule has 20 nitrogen and oxygen atoms in total. The van der Waals surface area contributed by atoms with Crippen molar-refractivity contribution in [3.8, 4) is 0 Å². The van der Waals surface area contributed by atoms with Crippen LogP contribution in [0.1, 0.15) is 123 Å². The largest absolute Gasteiger partial charge is 0.434 e. The summed E-state index contributed by atoms with van der Waals surface area (Å²) in [5.41, 5.74) is 6.29. The molecule has 0 radical (unpaired) electrons. The Kier molecular flexibility index (Phi) is 13.5. The number of hydrogen-bond acceptors (Lipinski definition) is 14. The summed E-state index contributed by atoms with van der Waals surface area (Å²) in [5, 5.41) is 12.5. The number of ether oxygens (including phenoxy) is 4. The summed E-state index contributed by atoms with van der Waals surface area (Å²) in [5.74, 6) is -2.96. The topological polar surface area (TPSA) is 236 Å². The van der Waals surface area contributed by atoms with Gasteiger partial charge in [-0.1, -0.05) is 32.9 Å². The highest BCUT2D eigenvalue weighted by atomic mass is 32.2. The highest BCUT2D eigenvalue weighted by molar-refractivity contribution is 7.90. The number of fused-ring (bicyclic) bond motifs is 1. The molecule has 4 saturated heterocycles. The zero-order chi connectivity index (χ0) is 46.3. The summed E-state index contributed by atoms with van der Waals surface area (Å²) in [4.78, 5) is 23.3. The zero-order valence-electron chi connectivity index (χ0n) is 37.8. The summed E-state index contributed by atoms with van der Waals surface area (Å²) in [6.45, 7) is 15.4. The molecule has 2 aromatic heterocycles. The van der Waals surface area contributed by atoms with Crippen molar-refractivity contribution in [3.63, 3.8) is 0 Å². The Morgan fingerprint density at radius 2 is 1.34 bits per heavy atom. The van der Waals surface area contributed by atoms with Crippen LogP contribution in [0.3, 0.4) is 0 Å². The molecule has 1 unspecified atom stereocenters. The van der Waals surface area contributed by atoms with Crippen LogP contribution in [0.5, 0.6) is 0 Å². The van der Waals surface area contributed by atoms with E-state index in [4.69, 9.17) is 27.8 Å². The maximum absolute atomic E-state index is 14.0. The van der Waals surface area contributed by atoms with Gasteiger partial charge in [-0.25, -0.2) is 28.4 Å². The van der Waals surface area contributed by atoms with Crippen LogP contribution < -0.4 is 20.1 Å². The number of aryl methyl sites for hydroxylation is 3. The Morgan fingerprint density at radius 1 is 0.769 bits per heavy atom. The van der Waals surface area contributed by atoms with Gasteiger partial charge in [0.25, 0.3) is 0 Å². The van der Waals surface area contributed by atoms with Crippen molar-refractivity contribution < 1.29 is 44.6 Å². The zero-order valence-corrected chi connectivity index (χ0v) is 39.5. The Balaban J connectivity index is 0.000000177. The number of rotatable bonds is 10. The Morgan fingerprint density at radius 3 is 1.85 bits per heavy atom. The van der Waals surface area contributed by atoms with Crippen molar-refractivity contribution in [1.82, 2.24) is 29.0 Å². The van der Waals surface area contributed by atoms with E-state index in [1.807, 2.05) is 58.9 Å². The van der Waals surface area contributed by atoms with Crippen LogP contribution in [0.4, 0.5) is 11.4 Å². The van der Waals surface area contributed by atoms with Crippen LogP contribution in [0.2, 0.25) is 0 Å². The molecule has 0 aliphatic carbocycles. The SMILES string of the molecule is CC[C@@H](c1n[nH]c(=O)o1)N(c1ccc(C)c(C)c1)S(=O)(=O)N1CCC2(CC1)OCCCO2.CCc1ccc2c(c1C)C(C)[C@@H](c1n[nH]c(=O)o1)N2S(=O)(=O)N1CCC2(CC1)OCCCO2. The van der Waals surface area contributed by atoms with E-state index < -0.39 is 55.6 Å². The fourth-order valence-corrected chi connectivity index (χ4v) is 13.4. The molecular weight excluding hydrogens is 885 g/mol. The number of benzene rings is 2. The van der Waals surface area contributed by atoms with Crippen LogP contribution in [0.15, 0.2) is 48.8 Å². The molecular formula is C43H60N8O12S2. The minimum Gasteiger partial charge on any atom is -0.390 e. The lowest BCUT2D eigenvalue weighted by Gasteiger charge is -2.44. The van der Waals surface area contributed by atoms with Crippen molar-refractivity contribution in [2.24, 2.45) is 0 Å². The second kappa shape index (κ2) is 18.7. The fraction of sp³-hybridized carbons (Fsp3) is 0.628. The normalized spacial score (nSPS) is 23.0. The standard InChI is InChI=1S/C22H30N4O6S.C21H30N4O6S/c1-4-16-6-7-17-18(14(16)2)15(3)19(20-23-24-21(27)32-20)26(17)33(28,29)25-10-8-22(9-11-25)30-12-5-13-31-22;1-4-18(19-22-23-20(26)31-19)25(17-7-6-15(2)16(3)14-17)32(27,28)24-10-8-21(9-11-24)29-12-5-13-30-21/h6-7,15,19H,4-5,8-13H2,1-3H3,(H,24,27);6-7,14,18H,4-5,8-13H2,1-3H3,(H,23,26)/t15?,19-;18-/m00/s1. The first kappa shape index (κ1) is 47.1. The van der Waals surface area contributed by atoms with E-state index in [-0.39, 0.29) is 43.9 Å². The molecule has 65 heavy (non-hydrogen) atoms. The van der Waals surface area contributed by atoms with E-state index in [1.165, 1.54) is 17.2 Å². The number of aromatic nitrogens is 4. The third-order valence-corrected chi connectivity index (χ3v) is 17.3. The predicted octanol–water partition coefficient (Wildman–Crippen LogP) is 4.78. The summed E-state index contributed by atoms with van der Waals surface area (Å²) in [7, 11) is -7.92. The van der Waals surface area contributed by atoms with Gasteiger partial charge in [-0.05, 0) is 92.5 Å². The predicted molar refractivity (Wildman–Crippen MR) is 238 cm³/mol. The summed E-state index contributed by atoms with van der Waals surface area (Å²) in [6, 6.07) is 7.79. The van der Waals surface area contributed by atoms with E-state index in [2.05, 4.69) is 27.3 Å². The molecule has 356 valence electrons. The number of aromatic amines is 2. The van der Waals surface area contributed by atoms with E-state index >= 15 is 0 Å². The van der Waals surface area contributed by atoms with Gasteiger partial charge in [-0.15, -0.1) is 10.2 Å². The van der Waals surface area contributed by atoms with Gasteiger partial charge in [0.1, 0.15) is 12.1 Å². The third-order valence-electron chi connectivity index (χ3n) is 13.4. The van der Waals surface area contributed by atoms with Crippen molar-refractivity contribution >= 4 is 31.8 Å². The van der Waals surface area contributed by atoms with Gasteiger partial charge in [-0.3, -0.25) is 0 Å². The molecule has 0 bridgehead atoms. The van der Waals surface area contributed by atoms with Crippen molar-refractivity contribution in [2.45, 2.75) is 122 Å². The summed E-state index contributed by atoms with van der Waals surface area (Å²) in [6.07, 6.45) is 4.76. The molecule has 2 aromatic carbocycles. The quantitative estimate of drug-likeness (QED) is 0.218. The van der Waals surface area contributed by atoms with E-state index in [9.17, 15) is 26.4 Å². The third kappa shape index (κ3) is 9.07. The molecule has 4 aromatic rings. The molecule has 5 aliphatic heterocycles. The smallest absolute Gasteiger partial charge is 0.390 e. The average molecular weight is 945 g/mol. The van der Waals surface area contributed by atoms with Crippen LogP contribution in [-0.2, 0) is 45.8 Å². The monoisotopic (exact) mass is 944 g/mol. The summed E-state index contributed by atoms with van der Waals surface area (Å²) >= 11 is 0. The lowest BCUT2D eigenvalue weighted by Crippen LogP contribution is -2.54. The van der Waals surface area contributed by atoms with E-state index in [0.717, 1.165) is 47.1 Å². The second-order valence-corrected chi connectivity index (χ2v) is 20.9. The second-order valence-electron chi connectivity index (χ2n) is 17.3. The molecule has 0 saturated carbocycles. The lowest BCUT2D eigenvalue weighted by atomic mass is 9.90. The first-order valence-corrected chi connectivity index (χ1v) is 25.3. The number of H-pyrrole nitrogens is 2.